The Morgan fingerprint density at radius 3 is 2.77 bits per heavy atom. The number of carbonyl (C=O) groups is 2. The number of para-hydroxylation sites is 1. The smallest absolute Gasteiger partial charge is 0.287 e. The van der Waals surface area contributed by atoms with Crippen LogP contribution < -0.4 is 5.32 Å². The van der Waals surface area contributed by atoms with Gasteiger partial charge < -0.3 is 14.6 Å². The van der Waals surface area contributed by atoms with Gasteiger partial charge in [0.1, 0.15) is 0 Å². The van der Waals surface area contributed by atoms with Gasteiger partial charge >= 0.3 is 0 Å². The largest absolute Gasteiger partial charge is 0.448 e. The van der Waals surface area contributed by atoms with Crippen LogP contribution in [0.4, 0.5) is 0 Å². The van der Waals surface area contributed by atoms with Crippen LogP contribution in [0.25, 0.3) is 21.0 Å². The standard InChI is InChI=1S/C19H19N3O3S/c23-17(22-11-3-4-12-22)9-10-20-18(24)14-7-8-15(25-14)19-21-13-5-1-2-6-16(13)26-19/h1-2,5-8H,3-4,9-12H2,(H,20,24). The van der Waals surface area contributed by atoms with E-state index in [9.17, 15) is 9.59 Å². The number of aromatic nitrogens is 1. The van der Waals surface area contributed by atoms with Crippen LogP contribution in [0.15, 0.2) is 40.8 Å². The highest BCUT2D eigenvalue weighted by Gasteiger charge is 2.18. The zero-order valence-corrected chi connectivity index (χ0v) is 15.1. The van der Waals surface area contributed by atoms with Crippen molar-refractivity contribution in [2.75, 3.05) is 19.6 Å². The van der Waals surface area contributed by atoms with Gasteiger partial charge in [-0.15, -0.1) is 11.3 Å². The average Bonchev–Trinajstić information content (AvgIpc) is 3.40. The topological polar surface area (TPSA) is 75.4 Å². The van der Waals surface area contributed by atoms with Crippen LogP contribution in [0.3, 0.4) is 0 Å². The van der Waals surface area contributed by atoms with E-state index in [1.807, 2.05) is 29.2 Å². The van der Waals surface area contributed by atoms with Crippen molar-refractivity contribution in [3.8, 4) is 10.8 Å². The first-order chi connectivity index (χ1) is 12.7. The maximum Gasteiger partial charge on any atom is 0.287 e. The lowest BCUT2D eigenvalue weighted by atomic mass is 10.3. The summed E-state index contributed by atoms with van der Waals surface area (Å²) in [5, 5.41) is 3.49. The van der Waals surface area contributed by atoms with Crippen molar-refractivity contribution in [2.45, 2.75) is 19.3 Å². The zero-order chi connectivity index (χ0) is 17.9. The molecule has 3 aromatic rings. The summed E-state index contributed by atoms with van der Waals surface area (Å²) in [7, 11) is 0. The molecule has 1 N–H and O–H groups in total. The van der Waals surface area contributed by atoms with E-state index in [1.54, 1.807) is 12.1 Å². The van der Waals surface area contributed by atoms with E-state index in [1.165, 1.54) is 11.3 Å². The number of rotatable bonds is 5. The summed E-state index contributed by atoms with van der Waals surface area (Å²) in [6.07, 6.45) is 2.45. The Hall–Kier alpha value is -2.67. The molecule has 0 unspecified atom stereocenters. The fraction of sp³-hybridized carbons (Fsp3) is 0.316. The fourth-order valence-electron chi connectivity index (χ4n) is 3.05. The average molecular weight is 369 g/mol. The van der Waals surface area contributed by atoms with E-state index < -0.39 is 0 Å². The maximum absolute atomic E-state index is 12.2. The summed E-state index contributed by atoms with van der Waals surface area (Å²) in [6, 6.07) is 11.2. The van der Waals surface area contributed by atoms with Crippen LogP contribution in [0.5, 0.6) is 0 Å². The second-order valence-corrected chi connectivity index (χ2v) is 7.28. The minimum Gasteiger partial charge on any atom is -0.448 e. The highest BCUT2D eigenvalue weighted by molar-refractivity contribution is 7.21. The molecule has 6 nitrogen and oxygen atoms in total. The second kappa shape index (κ2) is 7.29. The molecule has 134 valence electrons. The summed E-state index contributed by atoms with van der Waals surface area (Å²) in [4.78, 5) is 30.6. The Labute approximate surface area is 154 Å². The predicted molar refractivity (Wildman–Crippen MR) is 100 cm³/mol. The fourth-order valence-corrected chi connectivity index (χ4v) is 3.97. The molecule has 0 bridgehead atoms. The van der Waals surface area contributed by atoms with E-state index in [0.29, 0.717) is 18.7 Å². The van der Waals surface area contributed by atoms with Gasteiger partial charge in [0.05, 0.1) is 10.2 Å². The molecule has 3 heterocycles. The van der Waals surface area contributed by atoms with Gasteiger partial charge in [0.2, 0.25) is 5.91 Å². The number of likely N-dealkylation sites (tertiary alicyclic amines) is 1. The predicted octanol–water partition coefficient (Wildman–Crippen LogP) is 3.30. The molecule has 1 aliphatic rings. The third-order valence-electron chi connectivity index (χ3n) is 4.42. The van der Waals surface area contributed by atoms with E-state index in [0.717, 1.165) is 41.2 Å². The highest BCUT2D eigenvalue weighted by atomic mass is 32.1. The van der Waals surface area contributed by atoms with Gasteiger partial charge in [-0.05, 0) is 37.1 Å². The van der Waals surface area contributed by atoms with Gasteiger partial charge in [0.25, 0.3) is 5.91 Å². The number of carbonyl (C=O) groups excluding carboxylic acids is 2. The van der Waals surface area contributed by atoms with Crippen molar-refractivity contribution < 1.29 is 14.0 Å². The summed E-state index contributed by atoms with van der Waals surface area (Å²) in [5.74, 6) is 0.585. The molecular weight excluding hydrogens is 350 g/mol. The van der Waals surface area contributed by atoms with Crippen molar-refractivity contribution in [3.05, 3.63) is 42.2 Å². The SMILES string of the molecule is O=C(NCCC(=O)N1CCCC1)c1ccc(-c2nc3ccccc3s2)o1. The first kappa shape index (κ1) is 16.8. The van der Waals surface area contributed by atoms with Crippen molar-refractivity contribution in [2.24, 2.45) is 0 Å². The van der Waals surface area contributed by atoms with Crippen LogP contribution in [0, 0.1) is 0 Å². The number of hydrogen-bond acceptors (Lipinski definition) is 5. The first-order valence-corrected chi connectivity index (χ1v) is 9.54. The van der Waals surface area contributed by atoms with Crippen molar-refractivity contribution >= 4 is 33.4 Å². The Bertz CT molecular complexity index is 907. The number of amides is 2. The number of nitrogens with zero attached hydrogens (tertiary/aromatic N) is 2. The highest BCUT2D eigenvalue weighted by Crippen LogP contribution is 2.31. The van der Waals surface area contributed by atoms with Crippen LogP contribution in [0.2, 0.25) is 0 Å². The van der Waals surface area contributed by atoms with E-state index in [-0.39, 0.29) is 17.6 Å². The molecule has 2 amide bonds. The Morgan fingerprint density at radius 2 is 1.96 bits per heavy atom. The zero-order valence-electron chi connectivity index (χ0n) is 14.2. The normalized spacial score (nSPS) is 14.1. The molecule has 26 heavy (non-hydrogen) atoms. The lowest BCUT2D eigenvalue weighted by Gasteiger charge is -2.14. The molecule has 1 fully saturated rings. The molecule has 2 aromatic heterocycles. The minimum absolute atomic E-state index is 0.0948. The van der Waals surface area contributed by atoms with Gasteiger partial charge in [0, 0.05) is 26.1 Å². The van der Waals surface area contributed by atoms with E-state index in [2.05, 4.69) is 10.3 Å². The van der Waals surface area contributed by atoms with Crippen LogP contribution in [-0.4, -0.2) is 41.3 Å². The Kier molecular flexibility index (Phi) is 4.71. The number of furan rings is 1. The van der Waals surface area contributed by atoms with Gasteiger partial charge in [-0.25, -0.2) is 4.98 Å². The molecule has 0 aliphatic carbocycles. The number of thiazole rings is 1. The molecule has 0 saturated carbocycles. The Balaban J connectivity index is 1.36. The summed E-state index contributed by atoms with van der Waals surface area (Å²) in [6.45, 7) is 1.97. The van der Waals surface area contributed by atoms with E-state index >= 15 is 0 Å². The third-order valence-corrected chi connectivity index (χ3v) is 5.47. The summed E-state index contributed by atoms with van der Waals surface area (Å²) >= 11 is 1.52. The van der Waals surface area contributed by atoms with Crippen molar-refractivity contribution in [1.82, 2.24) is 15.2 Å². The van der Waals surface area contributed by atoms with Gasteiger partial charge in [-0.2, -0.15) is 0 Å². The van der Waals surface area contributed by atoms with Crippen LogP contribution in [-0.2, 0) is 4.79 Å². The molecule has 1 aromatic carbocycles. The molecule has 1 aliphatic heterocycles. The van der Waals surface area contributed by atoms with Crippen LogP contribution in [0.1, 0.15) is 29.8 Å². The molecular formula is C19H19N3O3S. The van der Waals surface area contributed by atoms with E-state index in [4.69, 9.17) is 4.42 Å². The summed E-state index contributed by atoms with van der Waals surface area (Å²) in [5.41, 5.74) is 0.912. The second-order valence-electron chi connectivity index (χ2n) is 6.24. The number of benzene rings is 1. The molecule has 0 atom stereocenters. The lowest BCUT2D eigenvalue weighted by molar-refractivity contribution is -0.129. The number of nitrogens with one attached hydrogen (secondary N) is 1. The molecule has 0 spiro atoms. The first-order valence-electron chi connectivity index (χ1n) is 8.72. The number of fused-ring (bicyclic) bond motifs is 1. The van der Waals surface area contributed by atoms with Crippen molar-refractivity contribution in [3.63, 3.8) is 0 Å². The van der Waals surface area contributed by atoms with Gasteiger partial charge in [-0.3, -0.25) is 9.59 Å². The quantitative estimate of drug-likeness (QED) is 0.749. The van der Waals surface area contributed by atoms with Gasteiger partial charge in [-0.1, -0.05) is 12.1 Å². The Morgan fingerprint density at radius 1 is 1.15 bits per heavy atom. The molecule has 7 heteroatoms. The van der Waals surface area contributed by atoms with Crippen molar-refractivity contribution in [1.29, 1.82) is 0 Å². The lowest BCUT2D eigenvalue weighted by Crippen LogP contribution is -2.32. The van der Waals surface area contributed by atoms with Crippen LogP contribution >= 0.6 is 11.3 Å². The maximum atomic E-state index is 12.2. The third kappa shape index (κ3) is 3.48. The summed E-state index contributed by atoms with van der Waals surface area (Å²) < 4.78 is 6.73. The molecule has 4 rings (SSSR count). The monoisotopic (exact) mass is 369 g/mol. The molecule has 1 saturated heterocycles. The molecule has 0 radical (unpaired) electrons. The number of hydrogen-bond donors (Lipinski definition) is 1. The minimum atomic E-state index is -0.313. The van der Waals surface area contributed by atoms with Gasteiger partial charge in [0.15, 0.2) is 16.5 Å².